The number of nitrogens with one attached hydrogen (secondary N) is 2. The van der Waals surface area contributed by atoms with Crippen LogP contribution in [0, 0.1) is 0 Å². The second-order valence-corrected chi connectivity index (χ2v) is 10.4. The molecule has 0 amide bonds. The molecule has 2 rings (SSSR count). The Morgan fingerprint density at radius 1 is 0.750 bits per heavy atom. The highest BCUT2D eigenvalue weighted by Crippen LogP contribution is 2.15. The zero-order chi connectivity index (χ0) is 29.3. The lowest BCUT2D eigenvalue weighted by atomic mass is 10.1. The van der Waals surface area contributed by atoms with Crippen molar-refractivity contribution in [2.24, 2.45) is 0 Å². The van der Waals surface area contributed by atoms with Gasteiger partial charge < -0.3 is 34.7 Å². The predicted molar refractivity (Wildman–Crippen MR) is 155 cm³/mol. The lowest BCUT2D eigenvalue weighted by molar-refractivity contribution is -0.144. The van der Waals surface area contributed by atoms with E-state index in [1.165, 1.54) is 7.11 Å². The number of esters is 2. The molecule has 0 bridgehead atoms. The first-order chi connectivity index (χ1) is 19.1. The quantitative estimate of drug-likeness (QED) is 0.223. The van der Waals surface area contributed by atoms with Crippen molar-refractivity contribution in [1.29, 1.82) is 0 Å². The molecule has 0 aliphatic carbocycles. The molecule has 2 unspecified atom stereocenters. The zero-order valence-corrected chi connectivity index (χ0v) is 24.5. The molecule has 2 atom stereocenters. The van der Waals surface area contributed by atoms with Crippen molar-refractivity contribution in [3.05, 3.63) is 59.7 Å². The van der Waals surface area contributed by atoms with Gasteiger partial charge in [-0.15, -0.1) is 0 Å². The van der Waals surface area contributed by atoms with Crippen LogP contribution in [0.25, 0.3) is 0 Å². The van der Waals surface area contributed by atoms with Crippen LogP contribution in [0.15, 0.2) is 48.5 Å². The Kier molecular flexibility index (Phi) is 15.1. The third kappa shape index (κ3) is 14.3. The Labute approximate surface area is 238 Å². The number of aryl methyl sites for hydroxylation is 2. The Bertz CT molecular complexity index is 994. The summed E-state index contributed by atoms with van der Waals surface area (Å²) in [5.41, 5.74) is 2.03. The van der Waals surface area contributed by atoms with Gasteiger partial charge in [-0.25, -0.2) is 0 Å². The molecule has 40 heavy (non-hydrogen) atoms. The summed E-state index contributed by atoms with van der Waals surface area (Å²) in [5, 5.41) is 16.5. The second-order valence-electron chi connectivity index (χ2n) is 10.4. The molecule has 0 saturated heterocycles. The van der Waals surface area contributed by atoms with Crippen molar-refractivity contribution in [3.63, 3.8) is 0 Å². The maximum Gasteiger partial charge on any atom is 0.306 e. The highest BCUT2D eigenvalue weighted by atomic mass is 16.5. The van der Waals surface area contributed by atoms with Crippen LogP contribution in [-0.4, -0.2) is 74.7 Å². The average Bonchev–Trinajstić information content (AvgIpc) is 2.94. The fourth-order valence-electron chi connectivity index (χ4n) is 3.80. The molecule has 3 N–H and O–H groups in total. The average molecular weight is 559 g/mol. The van der Waals surface area contributed by atoms with Gasteiger partial charge in [0.25, 0.3) is 0 Å². The van der Waals surface area contributed by atoms with Crippen LogP contribution in [0.4, 0.5) is 0 Å². The maximum atomic E-state index is 12.4. The van der Waals surface area contributed by atoms with E-state index in [0.717, 1.165) is 11.1 Å². The van der Waals surface area contributed by atoms with Gasteiger partial charge in [0.15, 0.2) is 0 Å². The molecule has 9 nitrogen and oxygen atoms in total. The summed E-state index contributed by atoms with van der Waals surface area (Å²) >= 11 is 0. The van der Waals surface area contributed by atoms with Gasteiger partial charge in [0.2, 0.25) is 0 Å². The Balaban J connectivity index is 1.72. The van der Waals surface area contributed by atoms with Crippen LogP contribution in [-0.2, 0) is 31.9 Å². The molecule has 0 heterocycles. The van der Waals surface area contributed by atoms with Gasteiger partial charge in [-0.1, -0.05) is 52.0 Å². The minimum absolute atomic E-state index is 0.162. The minimum atomic E-state index is -0.582. The highest BCUT2D eigenvalue weighted by Gasteiger charge is 2.15. The molecular formula is C31H46N2O7. The topological polar surface area (TPSA) is 115 Å². The van der Waals surface area contributed by atoms with Crippen molar-refractivity contribution in [2.45, 2.75) is 77.6 Å². The lowest BCUT2D eigenvalue weighted by Crippen LogP contribution is -2.43. The number of hydrogen-bond donors (Lipinski definition) is 3. The van der Waals surface area contributed by atoms with Crippen LogP contribution in [0.5, 0.6) is 11.5 Å². The van der Waals surface area contributed by atoms with E-state index in [-0.39, 0.29) is 43.7 Å². The number of aliphatic hydroxyl groups is 1. The zero-order valence-electron chi connectivity index (χ0n) is 24.5. The number of carbonyl (C=O) groups is 2. The van der Waals surface area contributed by atoms with Gasteiger partial charge in [0, 0.05) is 31.5 Å². The fraction of sp³-hybridized carbons (Fsp3) is 0.548. The van der Waals surface area contributed by atoms with Crippen LogP contribution < -0.4 is 20.1 Å². The van der Waals surface area contributed by atoms with Crippen LogP contribution in [0.2, 0.25) is 0 Å². The van der Waals surface area contributed by atoms with Crippen LogP contribution in [0.3, 0.4) is 0 Å². The van der Waals surface area contributed by atoms with Crippen molar-refractivity contribution in [2.75, 3.05) is 33.5 Å². The van der Waals surface area contributed by atoms with E-state index >= 15 is 0 Å². The Hall–Kier alpha value is -3.14. The third-order valence-electron chi connectivity index (χ3n) is 5.98. The maximum absolute atomic E-state index is 12.4. The normalized spacial score (nSPS) is 12.7. The van der Waals surface area contributed by atoms with Crippen molar-refractivity contribution < 1.29 is 33.6 Å². The summed E-state index contributed by atoms with van der Waals surface area (Å²) in [6.45, 7) is 9.34. The molecule has 9 heteroatoms. The first-order valence-corrected chi connectivity index (χ1v) is 14.0. The SMILES string of the molecule is COC(=O)CCc1ccc(OCC(COC(=O)CCc2ccc(OCC(O)CNC(C)C)cc2)NC(C)C)cc1. The van der Waals surface area contributed by atoms with E-state index in [1.807, 2.05) is 76.2 Å². The molecule has 0 spiro atoms. The van der Waals surface area contributed by atoms with Gasteiger partial charge in [0.1, 0.15) is 37.4 Å². The number of hydrogen-bond acceptors (Lipinski definition) is 9. The monoisotopic (exact) mass is 558 g/mol. The molecule has 0 aliphatic heterocycles. The highest BCUT2D eigenvalue weighted by molar-refractivity contribution is 5.70. The van der Waals surface area contributed by atoms with E-state index in [4.69, 9.17) is 14.2 Å². The first kappa shape index (κ1) is 33.1. The van der Waals surface area contributed by atoms with E-state index in [2.05, 4.69) is 15.4 Å². The van der Waals surface area contributed by atoms with Crippen molar-refractivity contribution in [1.82, 2.24) is 10.6 Å². The minimum Gasteiger partial charge on any atom is -0.492 e. The van der Waals surface area contributed by atoms with E-state index in [9.17, 15) is 14.7 Å². The van der Waals surface area contributed by atoms with Gasteiger partial charge in [-0.05, 0) is 48.2 Å². The Morgan fingerprint density at radius 2 is 1.27 bits per heavy atom. The van der Waals surface area contributed by atoms with Crippen LogP contribution in [0.1, 0.15) is 51.7 Å². The number of ether oxygens (including phenoxy) is 4. The largest absolute Gasteiger partial charge is 0.492 e. The molecular weight excluding hydrogens is 512 g/mol. The van der Waals surface area contributed by atoms with Gasteiger partial charge in [0.05, 0.1) is 13.2 Å². The number of benzene rings is 2. The molecule has 0 fully saturated rings. The fourth-order valence-corrected chi connectivity index (χ4v) is 3.80. The van der Waals surface area contributed by atoms with Crippen LogP contribution >= 0.6 is 0 Å². The molecule has 222 valence electrons. The summed E-state index contributed by atoms with van der Waals surface area (Å²) in [6, 6.07) is 15.4. The van der Waals surface area contributed by atoms with Gasteiger partial charge in [-0.2, -0.15) is 0 Å². The standard InChI is InChI=1S/C31H46N2O7/c1-22(2)32-18-27(34)21-39-29-14-8-25(9-15-29)11-17-31(36)40-20-26(33-23(3)4)19-38-28-12-6-24(7-13-28)10-16-30(35)37-5/h6-9,12-15,22-23,26-27,32-34H,10-11,16-21H2,1-5H3. The summed E-state index contributed by atoms with van der Waals surface area (Å²) in [7, 11) is 1.38. The lowest BCUT2D eigenvalue weighted by Gasteiger charge is -2.21. The predicted octanol–water partition coefficient (Wildman–Crippen LogP) is 3.45. The first-order valence-electron chi connectivity index (χ1n) is 14.0. The van der Waals surface area contributed by atoms with E-state index < -0.39 is 6.10 Å². The van der Waals surface area contributed by atoms with E-state index in [0.29, 0.717) is 50.0 Å². The molecule has 2 aromatic carbocycles. The van der Waals surface area contributed by atoms with E-state index in [1.54, 1.807) is 0 Å². The Morgan fingerprint density at radius 3 is 1.77 bits per heavy atom. The number of aliphatic hydroxyl groups excluding tert-OH is 1. The van der Waals surface area contributed by atoms with Gasteiger partial charge in [-0.3, -0.25) is 9.59 Å². The second kappa shape index (κ2) is 18.3. The summed E-state index contributed by atoms with van der Waals surface area (Å²) < 4.78 is 21.8. The number of methoxy groups -OCH3 is 1. The number of rotatable bonds is 19. The van der Waals surface area contributed by atoms with Crippen molar-refractivity contribution in [3.8, 4) is 11.5 Å². The molecule has 0 radical (unpaired) electrons. The molecule has 0 aliphatic rings. The molecule has 2 aromatic rings. The number of carbonyl (C=O) groups excluding carboxylic acids is 2. The molecule has 0 saturated carbocycles. The third-order valence-corrected chi connectivity index (χ3v) is 5.98. The van der Waals surface area contributed by atoms with Crippen molar-refractivity contribution >= 4 is 11.9 Å². The summed E-state index contributed by atoms with van der Waals surface area (Å²) in [5.74, 6) is 0.876. The molecule has 0 aromatic heterocycles. The smallest absolute Gasteiger partial charge is 0.306 e. The van der Waals surface area contributed by atoms with Gasteiger partial charge >= 0.3 is 11.9 Å². The summed E-state index contributed by atoms with van der Waals surface area (Å²) in [6.07, 6.45) is 1.19. The summed E-state index contributed by atoms with van der Waals surface area (Å²) in [4.78, 5) is 23.7.